The van der Waals surface area contributed by atoms with Crippen LogP contribution in [0.15, 0.2) is 29.5 Å². The summed E-state index contributed by atoms with van der Waals surface area (Å²) in [6.45, 7) is 4.73. The lowest BCUT2D eigenvalue weighted by Crippen LogP contribution is -2.30. The van der Waals surface area contributed by atoms with Gasteiger partial charge in [-0.05, 0) is 19.4 Å². The van der Waals surface area contributed by atoms with Gasteiger partial charge in [0.15, 0.2) is 5.82 Å². The Morgan fingerprint density at radius 1 is 1.43 bits per heavy atom. The highest BCUT2D eigenvalue weighted by Crippen LogP contribution is 2.10. The maximum Gasteiger partial charge on any atom is 0.253 e. The zero-order valence-electron chi connectivity index (χ0n) is 12.4. The topological polar surface area (TPSA) is 81.8 Å². The molecule has 112 valence electrons. The molecule has 1 unspecified atom stereocenters. The van der Waals surface area contributed by atoms with Gasteiger partial charge in [-0.15, -0.1) is 10.2 Å². The highest BCUT2D eigenvalue weighted by atomic mass is 16.2. The Kier molecular flexibility index (Phi) is 4.52. The Morgan fingerprint density at radius 3 is 2.86 bits per heavy atom. The lowest BCUT2D eigenvalue weighted by Gasteiger charge is -2.14. The van der Waals surface area contributed by atoms with Crippen LogP contribution in [0.5, 0.6) is 0 Å². The van der Waals surface area contributed by atoms with Crippen molar-refractivity contribution in [3.63, 3.8) is 0 Å². The molecule has 0 aliphatic rings. The number of carbonyl (C=O) groups excluding carboxylic acids is 1. The number of pyridine rings is 1. The zero-order valence-corrected chi connectivity index (χ0v) is 12.4. The van der Waals surface area contributed by atoms with Crippen molar-refractivity contribution in [1.82, 2.24) is 24.6 Å². The van der Waals surface area contributed by atoms with Crippen LogP contribution in [0.4, 0.5) is 0 Å². The molecule has 1 N–H and O–H groups in total. The van der Waals surface area contributed by atoms with Crippen molar-refractivity contribution in [2.24, 2.45) is 7.05 Å². The summed E-state index contributed by atoms with van der Waals surface area (Å²) >= 11 is 0. The average Bonchev–Trinajstić information content (AvgIpc) is 2.90. The van der Waals surface area contributed by atoms with Crippen LogP contribution < -0.4 is 10.9 Å². The molecule has 0 bridgehead atoms. The van der Waals surface area contributed by atoms with E-state index in [4.69, 9.17) is 0 Å². The quantitative estimate of drug-likeness (QED) is 0.885. The van der Waals surface area contributed by atoms with Crippen LogP contribution in [0, 0.1) is 0 Å². The minimum absolute atomic E-state index is 0.151. The van der Waals surface area contributed by atoms with Crippen molar-refractivity contribution in [2.45, 2.75) is 32.9 Å². The van der Waals surface area contributed by atoms with E-state index in [2.05, 4.69) is 22.4 Å². The Labute approximate surface area is 122 Å². The zero-order chi connectivity index (χ0) is 15.4. The van der Waals surface area contributed by atoms with Crippen molar-refractivity contribution < 1.29 is 4.79 Å². The molecule has 2 heterocycles. The fraction of sp³-hybridized carbons (Fsp3) is 0.429. The van der Waals surface area contributed by atoms with E-state index in [1.54, 1.807) is 13.4 Å². The third-order valence-corrected chi connectivity index (χ3v) is 3.19. The van der Waals surface area contributed by atoms with Gasteiger partial charge in [-0.1, -0.05) is 6.92 Å². The van der Waals surface area contributed by atoms with Gasteiger partial charge < -0.3 is 14.5 Å². The summed E-state index contributed by atoms with van der Waals surface area (Å²) in [5, 5.41) is 10.8. The molecule has 0 spiro atoms. The molecule has 21 heavy (non-hydrogen) atoms. The molecule has 7 nitrogen and oxygen atoms in total. The van der Waals surface area contributed by atoms with Gasteiger partial charge >= 0.3 is 0 Å². The number of carbonyl (C=O) groups is 1. The average molecular weight is 289 g/mol. The molecule has 2 aromatic rings. The smallest absolute Gasteiger partial charge is 0.253 e. The van der Waals surface area contributed by atoms with Crippen molar-refractivity contribution in [2.75, 3.05) is 0 Å². The summed E-state index contributed by atoms with van der Waals surface area (Å²) in [7, 11) is 1.61. The highest BCUT2D eigenvalue weighted by Gasteiger charge is 2.16. The number of hydrogen-bond donors (Lipinski definition) is 1. The summed E-state index contributed by atoms with van der Waals surface area (Å²) < 4.78 is 3.30. The molecule has 1 atom stereocenters. The van der Waals surface area contributed by atoms with Gasteiger partial charge in [0, 0.05) is 25.9 Å². The first kappa shape index (κ1) is 15.0. The number of amides is 1. The molecule has 0 aliphatic heterocycles. The number of aromatic nitrogens is 4. The lowest BCUT2D eigenvalue weighted by atomic mass is 10.2. The molecular weight excluding hydrogens is 270 g/mol. The second-order valence-corrected chi connectivity index (χ2v) is 4.94. The standard InChI is InChI=1S/C14H19N5O2/c1-4-7-19-9-15-17-13(19)10(2)16-14(21)11-5-6-12(20)18(3)8-11/h5-6,8-10H,4,7H2,1-3H3,(H,16,21). The second-order valence-electron chi connectivity index (χ2n) is 4.94. The van der Waals surface area contributed by atoms with E-state index in [1.807, 2.05) is 11.5 Å². The molecule has 7 heteroatoms. The highest BCUT2D eigenvalue weighted by molar-refractivity contribution is 5.94. The molecule has 0 saturated carbocycles. The van der Waals surface area contributed by atoms with Gasteiger partial charge in [-0.3, -0.25) is 9.59 Å². The third kappa shape index (κ3) is 3.36. The number of nitrogens with zero attached hydrogens (tertiary/aromatic N) is 4. The van der Waals surface area contributed by atoms with Crippen molar-refractivity contribution in [3.05, 3.63) is 46.4 Å². The summed E-state index contributed by atoms with van der Waals surface area (Å²) in [5.41, 5.74) is 0.285. The minimum Gasteiger partial charge on any atom is -0.342 e. The first-order chi connectivity index (χ1) is 10.0. The predicted octanol–water partition coefficient (Wildman–Crippen LogP) is 0.878. The predicted molar refractivity (Wildman–Crippen MR) is 77.9 cm³/mol. The molecular formula is C14H19N5O2. The summed E-state index contributed by atoms with van der Waals surface area (Å²) in [4.78, 5) is 23.5. The fourth-order valence-electron chi connectivity index (χ4n) is 2.09. The van der Waals surface area contributed by atoms with E-state index in [9.17, 15) is 9.59 Å². The van der Waals surface area contributed by atoms with Gasteiger partial charge in [-0.25, -0.2) is 0 Å². The molecule has 0 saturated heterocycles. The molecule has 0 aromatic carbocycles. The van der Waals surface area contributed by atoms with Crippen LogP contribution in [0.25, 0.3) is 0 Å². The van der Waals surface area contributed by atoms with E-state index in [0.717, 1.165) is 18.8 Å². The molecule has 0 fully saturated rings. The van der Waals surface area contributed by atoms with Gasteiger partial charge in [0.1, 0.15) is 6.33 Å². The molecule has 1 amide bonds. The van der Waals surface area contributed by atoms with Crippen LogP contribution in [-0.4, -0.2) is 25.2 Å². The Hall–Kier alpha value is -2.44. The van der Waals surface area contributed by atoms with E-state index in [-0.39, 0.29) is 17.5 Å². The summed E-state index contributed by atoms with van der Waals surface area (Å²) in [6.07, 6.45) is 4.14. The molecule has 2 rings (SSSR count). The van der Waals surface area contributed by atoms with E-state index in [0.29, 0.717) is 5.56 Å². The van der Waals surface area contributed by atoms with Gasteiger partial charge in [0.25, 0.3) is 5.91 Å². The largest absolute Gasteiger partial charge is 0.342 e. The first-order valence-electron chi connectivity index (χ1n) is 6.88. The normalized spacial score (nSPS) is 12.1. The molecule has 2 aromatic heterocycles. The minimum atomic E-state index is -0.260. The number of rotatable bonds is 5. The summed E-state index contributed by atoms with van der Waals surface area (Å²) in [6, 6.07) is 2.63. The Balaban J connectivity index is 2.13. The van der Waals surface area contributed by atoms with Crippen molar-refractivity contribution in [1.29, 1.82) is 0 Å². The Morgan fingerprint density at radius 2 is 2.19 bits per heavy atom. The maximum atomic E-state index is 12.2. The van der Waals surface area contributed by atoms with Crippen molar-refractivity contribution in [3.8, 4) is 0 Å². The second kappa shape index (κ2) is 6.34. The molecule has 0 radical (unpaired) electrons. The Bertz CT molecular complexity index is 689. The van der Waals surface area contributed by atoms with E-state index in [1.165, 1.54) is 22.9 Å². The van der Waals surface area contributed by atoms with Crippen LogP contribution in [0.3, 0.4) is 0 Å². The fourth-order valence-corrected chi connectivity index (χ4v) is 2.09. The van der Waals surface area contributed by atoms with Gasteiger partial charge in [0.2, 0.25) is 5.56 Å². The van der Waals surface area contributed by atoms with Gasteiger partial charge in [0.05, 0.1) is 11.6 Å². The van der Waals surface area contributed by atoms with Crippen molar-refractivity contribution >= 4 is 5.91 Å². The molecule has 0 aliphatic carbocycles. The van der Waals surface area contributed by atoms with Crippen LogP contribution in [0.2, 0.25) is 0 Å². The van der Waals surface area contributed by atoms with E-state index < -0.39 is 0 Å². The SMILES string of the molecule is CCCn1cnnc1C(C)NC(=O)c1ccc(=O)n(C)c1. The van der Waals surface area contributed by atoms with Gasteiger partial charge in [-0.2, -0.15) is 0 Å². The monoisotopic (exact) mass is 289 g/mol. The lowest BCUT2D eigenvalue weighted by molar-refractivity contribution is 0.0936. The first-order valence-corrected chi connectivity index (χ1v) is 6.88. The van der Waals surface area contributed by atoms with Crippen LogP contribution in [-0.2, 0) is 13.6 Å². The summed E-state index contributed by atoms with van der Waals surface area (Å²) in [5.74, 6) is 0.471. The van der Waals surface area contributed by atoms with Crippen LogP contribution >= 0.6 is 0 Å². The number of aryl methyl sites for hydroxylation is 2. The number of hydrogen-bond acceptors (Lipinski definition) is 4. The van der Waals surface area contributed by atoms with E-state index >= 15 is 0 Å². The number of nitrogens with one attached hydrogen (secondary N) is 1. The van der Waals surface area contributed by atoms with Crippen LogP contribution in [0.1, 0.15) is 42.5 Å². The third-order valence-electron chi connectivity index (χ3n) is 3.19. The maximum absolute atomic E-state index is 12.2.